The zero-order valence-corrected chi connectivity index (χ0v) is 10.2. The molecule has 0 aromatic heterocycles. The summed E-state index contributed by atoms with van der Waals surface area (Å²) >= 11 is 6.24. The number of rotatable bonds is 2. The molecular formula is C13H16ClNO. The van der Waals surface area contributed by atoms with Crippen LogP contribution in [-0.2, 0) is 16.6 Å². The summed E-state index contributed by atoms with van der Waals surface area (Å²) in [4.78, 5) is 11.8. The van der Waals surface area contributed by atoms with Crippen LogP contribution in [0.25, 0.3) is 0 Å². The normalized spacial score (nSPS) is 23.9. The summed E-state index contributed by atoms with van der Waals surface area (Å²) in [6.07, 6.45) is 3.53. The van der Waals surface area contributed by atoms with Crippen molar-refractivity contribution in [1.82, 2.24) is 0 Å². The lowest BCUT2D eigenvalue weighted by atomic mass is 9.68. The molecule has 0 fully saturated rings. The number of primary amides is 1. The van der Waals surface area contributed by atoms with Gasteiger partial charge in [-0.1, -0.05) is 30.7 Å². The summed E-state index contributed by atoms with van der Waals surface area (Å²) in [5.41, 5.74) is 7.20. The number of carbonyl (C=O) groups excluding carboxylic acids is 1. The highest BCUT2D eigenvalue weighted by molar-refractivity contribution is 6.32. The lowest BCUT2D eigenvalue weighted by Crippen LogP contribution is -2.43. The smallest absolute Gasteiger partial charge is 0.228 e. The molecule has 0 spiro atoms. The fourth-order valence-electron chi connectivity index (χ4n) is 2.79. The Hall–Kier alpha value is -1.02. The molecule has 1 aromatic rings. The van der Waals surface area contributed by atoms with E-state index in [0.29, 0.717) is 5.02 Å². The van der Waals surface area contributed by atoms with Crippen molar-refractivity contribution in [3.63, 3.8) is 0 Å². The van der Waals surface area contributed by atoms with E-state index in [2.05, 4.69) is 0 Å². The van der Waals surface area contributed by atoms with Crippen LogP contribution in [0.4, 0.5) is 0 Å². The minimum Gasteiger partial charge on any atom is -0.369 e. The van der Waals surface area contributed by atoms with Gasteiger partial charge in [-0.3, -0.25) is 4.79 Å². The zero-order valence-electron chi connectivity index (χ0n) is 9.42. The first-order valence-corrected chi connectivity index (χ1v) is 6.07. The van der Waals surface area contributed by atoms with Gasteiger partial charge < -0.3 is 5.73 Å². The lowest BCUT2D eigenvalue weighted by molar-refractivity contribution is -0.124. The molecule has 1 atom stereocenters. The summed E-state index contributed by atoms with van der Waals surface area (Å²) in [7, 11) is 0. The zero-order chi connectivity index (χ0) is 11.8. The van der Waals surface area contributed by atoms with Crippen molar-refractivity contribution in [2.45, 2.75) is 38.0 Å². The fraction of sp³-hybridized carbons (Fsp3) is 0.462. The third kappa shape index (κ3) is 1.52. The van der Waals surface area contributed by atoms with Gasteiger partial charge in [0, 0.05) is 5.02 Å². The van der Waals surface area contributed by atoms with Gasteiger partial charge in [0.15, 0.2) is 0 Å². The quantitative estimate of drug-likeness (QED) is 0.845. The summed E-state index contributed by atoms with van der Waals surface area (Å²) in [5, 5.41) is 0.679. The number of halogens is 1. The van der Waals surface area contributed by atoms with Gasteiger partial charge in [0.05, 0.1) is 5.41 Å². The van der Waals surface area contributed by atoms with Gasteiger partial charge in [-0.15, -0.1) is 0 Å². The molecule has 0 saturated carbocycles. The van der Waals surface area contributed by atoms with E-state index < -0.39 is 5.41 Å². The van der Waals surface area contributed by atoms with Crippen molar-refractivity contribution in [3.8, 4) is 0 Å². The minimum atomic E-state index is -0.550. The highest BCUT2D eigenvalue weighted by Crippen LogP contribution is 2.43. The third-order valence-corrected chi connectivity index (χ3v) is 4.02. The van der Waals surface area contributed by atoms with Crippen LogP contribution in [0.3, 0.4) is 0 Å². The van der Waals surface area contributed by atoms with Crippen molar-refractivity contribution in [1.29, 1.82) is 0 Å². The second-order valence-corrected chi connectivity index (χ2v) is 4.83. The predicted octanol–water partition coefficient (Wildman–Crippen LogP) is 2.81. The van der Waals surface area contributed by atoms with Crippen LogP contribution in [0.2, 0.25) is 5.02 Å². The maximum absolute atomic E-state index is 11.8. The predicted molar refractivity (Wildman–Crippen MR) is 65.6 cm³/mol. The largest absolute Gasteiger partial charge is 0.369 e. The summed E-state index contributed by atoms with van der Waals surface area (Å²) in [6.45, 7) is 2.00. The Bertz CT molecular complexity index is 430. The molecule has 0 saturated heterocycles. The average Bonchev–Trinajstić information content (AvgIpc) is 2.28. The number of aryl methyl sites for hydroxylation is 1. The fourth-order valence-corrected chi connectivity index (χ4v) is 3.17. The second-order valence-electron chi connectivity index (χ2n) is 4.43. The monoisotopic (exact) mass is 237 g/mol. The van der Waals surface area contributed by atoms with Crippen LogP contribution in [0.5, 0.6) is 0 Å². The lowest BCUT2D eigenvalue weighted by Gasteiger charge is -2.36. The van der Waals surface area contributed by atoms with E-state index in [1.807, 2.05) is 25.1 Å². The van der Waals surface area contributed by atoms with Crippen molar-refractivity contribution in [2.24, 2.45) is 5.73 Å². The highest BCUT2D eigenvalue weighted by atomic mass is 35.5. The molecule has 2 N–H and O–H groups in total. The molecule has 1 unspecified atom stereocenters. The van der Waals surface area contributed by atoms with Gasteiger partial charge in [0.25, 0.3) is 0 Å². The first-order valence-electron chi connectivity index (χ1n) is 5.69. The number of benzene rings is 1. The van der Waals surface area contributed by atoms with Gasteiger partial charge in [0.1, 0.15) is 0 Å². The Morgan fingerprint density at radius 1 is 1.56 bits per heavy atom. The molecule has 2 rings (SSSR count). The van der Waals surface area contributed by atoms with Crippen molar-refractivity contribution >= 4 is 17.5 Å². The molecule has 16 heavy (non-hydrogen) atoms. The Kier molecular flexibility index (Phi) is 2.94. The maximum Gasteiger partial charge on any atom is 0.228 e. The van der Waals surface area contributed by atoms with E-state index in [-0.39, 0.29) is 5.91 Å². The number of hydrogen-bond donors (Lipinski definition) is 1. The van der Waals surface area contributed by atoms with Crippen LogP contribution in [-0.4, -0.2) is 5.91 Å². The molecule has 3 heteroatoms. The van der Waals surface area contributed by atoms with E-state index in [1.165, 1.54) is 5.56 Å². The number of carbonyl (C=O) groups is 1. The summed E-state index contributed by atoms with van der Waals surface area (Å²) in [6, 6.07) is 5.83. The van der Waals surface area contributed by atoms with Crippen LogP contribution < -0.4 is 5.73 Å². The number of hydrogen-bond acceptors (Lipinski definition) is 1. The first kappa shape index (κ1) is 11.5. The Balaban J connectivity index is 2.66. The van der Waals surface area contributed by atoms with Crippen molar-refractivity contribution in [3.05, 3.63) is 34.3 Å². The molecule has 1 aliphatic rings. The standard InChI is InChI=1S/C13H16ClNO/c1-2-13(12(15)16)8-4-6-9-5-3-7-10(14)11(9)13/h3,5,7H,2,4,6,8H2,1H3,(H2,15,16). The second kappa shape index (κ2) is 4.10. The van der Waals surface area contributed by atoms with Crippen molar-refractivity contribution < 1.29 is 4.79 Å². The third-order valence-electron chi connectivity index (χ3n) is 3.70. The number of nitrogens with two attached hydrogens (primary N) is 1. The average molecular weight is 238 g/mol. The molecule has 2 nitrogen and oxygen atoms in total. The molecule has 0 aliphatic heterocycles. The van der Waals surface area contributed by atoms with Crippen molar-refractivity contribution in [2.75, 3.05) is 0 Å². The van der Waals surface area contributed by atoms with E-state index in [0.717, 1.165) is 31.2 Å². The van der Waals surface area contributed by atoms with Crippen LogP contribution in [0, 0.1) is 0 Å². The minimum absolute atomic E-state index is 0.246. The molecule has 0 bridgehead atoms. The molecule has 1 aliphatic carbocycles. The van der Waals surface area contributed by atoms with E-state index in [1.54, 1.807) is 0 Å². The molecular weight excluding hydrogens is 222 g/mol. The Morgan fingerprint density at radius 2 is 2.31 bits per heavy atom. The first-order chi connectivity index (χ1) is 7.62. The van der Waals surface area contributed by atoms with Gasteiger partial charge in [-0.2, -0.15) is 0 Å². The van der Waals surface area contributed by atoms with Gasteiger partial charge in [-0.25, -0.2) is 0 Å². The number of amides is 1. The van der Waals surface area contributed by atoms with Gasteiger partial charge >= 0.3 is 0 Å². The van der Waals surface area contributed by atoms with Gasteiger partial charge in [0.2, 0.25) is 5.91 Å². The van der Waals surface area contributed by atoms with E-state index in [4.69, 9.17) is 17.3 Å². The summed E-state index contributed by atoms with van der Waals surface area (Å²) in [5.74, 6) is -0.246. The van der Waals surface area contributed by atoms with E-state index in [9.17, 15) is 4.79 Å². The number of fused-ring (bicyclic) bond motifs is 1. The molecule has 1 aromatic carbocycles. The Labute approximate surface area is 101 Å². The van der Waals surface area contributed by atoms with Crippen LogP contribution >= 0.6 is 11.6 Å². The molecule has 0 radical (unpaired) electrons. The highest BCUT2D eigenvalue weighted by Gasteiger charge is 2.41. The van der Waals surface area contributed by atoms with Crippen LogP contribution in [0.15, 0.2) is 18.2 Å². The van der Waals surface area contributed by atoms with Gasteiger partial charge in [-0.05, 0) is 42.9 Å². The summed E-state index contributed by atoms with van der Waals surface area (Å²) < 4.78 is 0. The van der Waals surface area contributed by atoms with Crippen LogP contribution in [0.1, 0.15) is 37.3 Å². The topological polar surface area (TPSA) is 43.1 Å². The SMILES string of the molecule is CCC1(C(N)=O)CCCc2cccc(Cl)c21. The molecule has 86 valence electrons. The maximum atomic E-state index is 11.8. The van der Waals surface area contributed by atoms with E-state index >= 15 is 0 Å². The molecule has 0 heterocycles. The molecule has 1 amide bonds. The Morgan fingerprint density at radius 3 is 2.94 bits per heavy atom.